The van der Waals surface area contributed by atoms with Gasteiger partial charge in [-0.05, 0) is 54.7 Å². The molecule has 4 aromatic carbocycles. The van der Waals surface area contributed by atoms with Gasteiger partial charge < -0.3 is 20.3 Å². The number of nitrogens with zero attached hydrogens (tertiary/aromatic N) is 3. The third-order valence-corrected chi connectivity index (χ3v) is 8.48. The van der Waals surface area contributed by atoms with Gasteiger partial charge in [0.1, 0.15) is 5.54 Å². The lowest BCUT2D eigenvalue weighted by Gasteiger charge is -2.39. The number of hydrogen-bond acceptors (Lipinski definition) is 4. The maximum atomic E-state index is 11.3. The van der Waals surface area contributed by atoms with Crippen molar-refractivity contribution in [1.82, 2.24) is 9.55 Å². The van der Waals surface area contributed by atoms with E-state index in [0.29, 0.717) is 11.6 Å². The zero-order valence-corrected chi connectivity index (χ0v) is 23.1. The van der Waals surface area contributed by atoms with Crippen LogP contribution in [0, 0.1) is 6.92 Å². The molecule has 6 nitrogen and oxygen atoms in total. The number of hydrogen-bond donors (Lipinski definition) is 2. The van der Waals surface area contributed by atoms with Gasteiger partial charge in [-0.2, -0.15) is 0 Å². The predicted molar refractivity (Wildman–Crippen MR) is 164 cm³/mol. The quantitative estimate of drug-likeness (QED) is 0.177. The predicted octanol–water partition coefficient (Wildman–Crippen LogP) is 6.70. The second kappa shape index (κ2) is 11.0. The minimum absolute atomic E-state index is 0.209. The van der Waals surface area contributed by atoms with Crippen LogP contribution in [0.4, 0.5) is 11.4 Å². The van der Waals surface area contributed by atoms with Gasteiger partial charge in [-0.3, -0.25) is 0 Å². The Kier molecular flexibility index (Phi) is 7.06. The lowest BCUT2D eigenvalue weighted by Crippen LogP contribution is -2.38. The van der Waals surface area contributed by atoms with Gasteiger partial charge in [0, 0.05) is 24.7 Å². The van der Waals surface area contributed by atoms with Crippen LogP contribution in [0.1, 0.15) is 57.2 Å². The van der Waals surface area contributed by atoms with Crippen molar-refractivity contribution in [1.29, 1.82) is 0 Å². The van der Waals surface area contributed by atoms with Gasteiger partial charge in [0.05, 0.1) is 29.0 Å². The van der Waals surface area contributed by atoms with Crippen LogP contribution in [0.25, 0.3) is 0 Å². The van der Waals surface area contributed by atoms with E-state index in [1.807, 2.05) is 12.4 Å². The first-order chi connectivity index (χ1) is 20.0. The highest BCUT2D eigenvalue weighted by Crippen LogP contribution is 2.43. The van der Waals surface area contributed by atoms with Crippen LogP contribution in [-0.4, -0.2) is 33.7 Å². The summed E-state index contributed by atoms with van der Waals surface area (Å²) in [6.07, 6.45) is 3.90. The number of aromatic nitrogens is 2. The monoisotopic (exact) mass is 542 g/mol. The van der Waals surface area contributed by atoms with E-state index < -0.39 is 11.5 Å². The lowest BCUT2D eigenvalue weighted by atomic mass is 9.76. The highest BCUT2D eigenvalue weighted by molar-refractivity contribution is 5.90. The highest BCUT2D eigenvalue weighted by atomic mass is 16.4. The highest BCUT2D eigenvalue weighted by Gasteiger charge is 2.40. The van der Waals surface area contributed by atoms with Crippen molar-refractivity contribution in [3.05, 3.63) is 149 Å². The SMILES string of the molecule is Cc1c(C2CCN(c3ccc(C(=O)O)cc3N)CC2)ncn1C(c1ccccc1)(c1ccccc1)c1ccccc1. The van der Waals surface area contributed by atoms with E-state index in [4.69, 9.17) is 10.7 Å². The van der Waals surface area contributed by atoms with Crippen molar-refractivity contribution < 1.29 is 9.90 Å². The standard InChI is InChI=1S/C35H34N4O2/c1-25-33(26-19-21-38(22-20-26)32-18-17-27(34(40)41)23-31(32)36)37-24-39(25)35(28-11-5-2-6-12-28,29-13-7-3-8-14-29)30-15-9-4-10-16-30/h2-18,23-24,26H,19-22,36H2,1H3,(H,40,41). The van der Waals surface area contributed by atoms with Crippen molar-refractivity contribution in [2.45, 2.75) is 31.2 Å². The zero-order valence-electron chi connectivity index (χ0n) is 23.1. The van der Waals surface area contributed by atoms with Gasteiger partial charge in [-0.25, -0.2) is 9.78 Å². The molecule has 2 heterocycles. The van der Waals surface area contributed by atoms with E-state index >= 15 is 0 Å². The summed E-state index contributed by atoms with van der Waals surface area (Å²) in [6.45, 7) is 3.85. The molecule has 1 aliphatic heterocycles. The van der Waals surface area contributed by atoms with E-state index in [9.17, 15) is 9.90 Å². The maximum absolute atomic E-state index is 11.3. The summed E-state index contributed by atoms with van der Waals surface area (Å²) in [5.41, 5.74) is 13.1. The summed E-state index contributed by atoms with van der Waals surface area (Å²) >= 11 is 0. The van der Waals surface area contributed by atoms with Gasteiger partial charge in [-0.1, -0.05) is 91.0 Å². The topological polar surface area (TPSA) is 84.4 Å². The number of aromatic carboxylic acids is 1. The Labute approximate surface area is 240 Å². The molecule has 6 heteroatoms. The maximum Gasteiger partial charge on any atom is 0.335 e. The molecular weight excluding hydrogens is 508 g/mol. The fourth-order valence-corrected chi connectivity index (χ4v) is 6.49. The van der Waals surface area contributed by atoms with Crippen molar-refractivity contribution in [2.24, 2.45) is 0 Å². The van der Waals surface area contributed by atoms with E-state index in [1.165, 1.54) is 16.7 Å². The fourth-order valence-electron chi connectivity index (χ4n) is 6.49. The van der Waals surface area contributed by atoms with E-state index in [-0.39, 0.29) is 5.56 Å². The van der Waals surface area contributed by atoms with Gasteiger partial charge in [0.2, 0.25) is 0 Å². The molecule has 1 aromatic heterocycles. The van der Waals surface area contributed by atoms with Crippen LogP contribution in [0.15, 0.2) is 116 Å². The van der Waals surface area contributed by atoms with Crippen LogP contribution in [0.5, 0.6) is 0 Å². The number of benzene rings is 4. The smallest absolute Gasteiger partial charge is 0.335 e. The van der Waals surface area contributed by atoms with Gasteiger partial charge >= 0.3 is 5.97 Å². The Morgan fingerprint density at radius 3 is 1.80 bits per heavy atom. The zero-order chi connectivity index (χ0) is 28.4. The number of anilines is 2. The number of nitrogen functional groups attached to an aromatic ring is 1. The molecule has 206 valence electrons. The molecule has 0 bridgehead atoms. The third kappa shape index (κ3) is 4.65. The summed E-state index contributed by atoms with van der Waals surface area (Å²) in [6, 6.07) is 37.1. The Hall–Kier alpha value is -4.84. The van der Waals surface area contributed by atoms with Crippen LogP contribution in [-0.2, 0) is 5.54 Å². The number of carbonyl (C=O) groups is 1. The van der Waals surface area contributed by atoms with Crippen molar-refractivity contribution in [3.63, 3.8) is 0 Å². The molecule has 41 heavy (non-hydrogen) atoms. The van der Waals surface area contributed by atoms with Gasteiger partial charge in [-0.15, -0.1) is 0 Å². The first kappa shape index (κ1) is 26.4. The van der Waals surface area contributed by atoms with Crippen LogP contribution in [0.2, 0.25) is 0 Å². The largest absolute Gasteiger partial charge is 0.478 e. The van der Waals surface area contributed by atoms with E-state index in [2.05, 4.69) is 107 Å². The second-order valence-electron chi connectivity index (χ2n) is 10.7. The molecule has 6 rings (SSSR count). The van der Waals surface area contributed by atoms with Crippen LogP contribution < -0.4 is 10.6 Å². The molecule has 3 N–H and O–H groups in total. The molecule has 0 radical (unpaired) electrons. The lowest BCUT2D eigenvalue weighted by molar-refractivity contribution is 0.0697. The van der Waals surface area contributed by atoms with Crippen molar-refractivity contribution >= 4 is 17.3 Å². The number of nitrogens with two attached hydrogens (primary N) is 1. The van der Waals surface area contributed by atoms with Gasteiger partial charge in [0.15, 0.2) is 0 Å². The molecule has 0 aliphatic carbocycles. The fraction of sp³-hybridized carbons (Fsp3) is 0.200. The number of carboxylic acid groups (broad SMARTS) is 1. The van der Waals surface area contributed by atoms with Crippen LogP contribution in [0.3, 0.4) is 0 Å². The number of carboxylic acids is 1. The summed E-state index contributed by atoms with van der Waals surface area (Å²) in [7, 11) is 0. The number of piperidine rings is 1. The molecule has 0 unspecified atom stereocenters. The first-order valence-electron chi connectivity index (χ1n) is 14.1. The number of rotatable bonds is 7. The summed E-state index contributed by atoms with van der Waals surface area (Å²) in [5, 5.41) is 9.30. The Bertz CT molecular complexity index is 1540. The Morgan fingerprint density at radius 2 is 1.34 bits per heavy atom. The Morgan fingerprint density at radius 1 is 0.829 bits per heavy atom. The van der Waals surface area contributed by atoms with Crippen LogP contribution >= 0.6 is 0 Å². The number of imidazole rings is 1. The summed E-state index contributed by atoms with van der Waals surface area (Å²) in [4.78, 5) is 18.7. The van der Waals surface area contributed by atoms with Crippen molar-refractivity contribution in [3.8, 4) is 0 Å². The minimum atomic E-state index is -0.967. The summed E-state index contributed by atoms with van der Waals surface area (Å²) in [5.74, 6) is -0.655. The first-order valence-corrected chi connectivity index (χ1v) is 14.1. The molecule has 5 aromatic rings. The summed E-state index contributed by atoms with van der Waals surface area (Å²) < 4.78 is 2.36. The normalized spacial score (nSPS) is 14.2. The molecule has 0 spiro atoms. The molecule has 1 aliphatic rings. The average molecular weight is 543 g/mol. The molecule has 0 amide bonds. The minimum Gasteiger partial charge on any atom is -0.478 e. The second-order valence-corrected chi connectivity index (χ2v) is 10.7. The van der Waals surface area contributed by atoms with E-state index in [0.717, 1.165) is 43.0 Å². The molecule has 1 saturated heterocycles. The molecule has 0 atom stereocenters. The van der Waals surface area contributed by atoms with Gasteiger partial charge in [0.25, 0.3) is 0 Å². The molecular formula is C35H34N4O2. The third-order valence-electron chi connectivity index (χ3n) is 8.48. The molecule has 1 fully saturated rings. The van der Waals surface area contributed by atoms with Crippen molar-refractivity contribution in [2.75, 3.05) is 23.7 Å². The average Bonchev–Trinajstić information content (AvgIpc) is 3.40. The Balaban J connectivity index is 1.38. The van der Waals surface area contributed by atoms with E-state index in [1.54, 1.807) is 12.1 Å². The molecule has 0 saturated carbocycles.